The highest BCUT2D eigenvalue weighted by Crippen LogP contribution is 2.22. The lowest BCUT2D eigenvalue weighted by Crippen LogP contribution is -2.30. The number of aryl methyl sites for hydroxylation is 2. The summed E-state index contributed by atoms with van der Waals surface area (Å²) in [5.41, 5.74) is 5.65. The molecule has 12 heteroatoms. The first kappa shape index (κ1) is 32.0. The molecular formula is C30H36N6O6. The molecule has 0 spiro atoms. The molecule has 2 amide bonds. The van der Waals surface area contributed by atoms with Gasteiger partial charge in [0.25, 0.3) is 11.8 Å². The highest BCUT2D eigenvalue weighted by molar-refractivity contribution is 6.20. The van der Waals surface area contributed by atoms with E-state index >= 15 is 0 Å². The van der Waals surface area contributed by atoms with Crippen molar-refractivity contribution in [3.63, 3.8) is 0 Å². The fourth-order valence-electron chi connectivity index (χ4n) is 4.04. The maximum atomic E-state index is 12.2. The highest BCUT2D eigenvalue weighted by Gasteiger charge is 2.36. The molecule has 4 rings (SSSR count). The normalized spacial score (nSPS) is 13.0. The number of pyridine rings is 2. The number of carbonyl (C=O) groups excluding carboxylic acids is 2. The number of nitrogens with two attached hydrogens (primary N) is 1. The number of imide groups is 1. The maximum absolute atomic E-state index is 12.2. The number of oxime groups is 2. The van der Waals surface area contributed by atoms with Crippen LogP contribution in [0.25, 0.3) is 0 Å². The van der Waals surface area contributed by atoms with E-state index in [1.807, 2.05) is 50.2 Å². The van der Waals surface area contributed by atoms with Crippen LogP contribution >= 0.6 is 0 Å². The van der Waals surface area contributed by atoms with Crippen LogP contribution in [0.5, 0.6) is 0 Å². The minimum atomic E-state index is -0.419. The van der Waals surface area contributed by atoms with Crippen LogP contribution in [0.3, 0.4) is 0 Å². The van der Waals surface area contributed by atoms with Crippen LogP contribution in [-0.4, -0.2) is 65.7 Å². The van der Waals surface area contributed by atoms with Gasteiger partial charge in [-0.2, -0.15) is 0 Å². The second-order valence-corrected chi connectivity index (χ2v) is 9.11. The van der Waals surface area contributed by atoms with E-state index in [1.165, 1.54) is 14.2 Å². The van der Waals surface area contributed by atoms with Gasteiger partial charge in [0.15, 0.2) is 0 Å². The van der Waals surface area contributed by atoms with Crippen molar-refractivity contribution in [2.75, 3.05) is 27.4 Å². The molecule has 42 heavy (non-hydrogen) atoms. The van der Waals surface area contributed by atoms with Crippen molar-refractivity contribution in [1.82, 2.24) is 15.0 Å². The Morgan fingerprint density at radius 1 is 0.738 bits per heavy atom. The van der Waals surface area contributed by atoms with Crippen molar-refractivity contribution in [1.29, 1.82) is 0 Å². The Hall–Kier alpha value is -4.52. The third-order valence-electron chi connectivity index (χ3n) is 6.06. The average Bonchev–Trinajstić information content (AvgIpc) is 3.25. The Bertz CT molecular complexity index is 1380. The van der Waals surface area contributed by atoms with Gasteiger partial charge >= 0.3 is 0 Å². The summed E-state index contributed by atoms with van der Waals surface area (Å²) in [6.45, 7) is 4.46. The molecule has 0 unspecified atom stereocenters. The van der Waals surface area contributed by atoms with Crippen LogP contribution in [-0.2, 0) is 32.2 Å². The van der Waals surface area contributed by atoms with Gasteiger partial charge in [-0.1, -0.05) is 34.6 Å². The third kappa shape index (κ3) is 8.99. The highest BCUT2D eigenvalue weighted by atomic mass is 16.7. The molecule has 1 aliphatic heterocycles. The number of rotatable bonds is 13. The molecule has 0 saturated heterocycles. The molecule has 1 aromatic carbocycles. The number of hydroxylamine groups is 2. The summed E-state index contributed by atoms with van der Waals surface area (Å²) in [6.07, 6.45) is 2.96. The Balaban J connectivity index is 0.000000260. The molecule has 3 heterocycles. The first-order valence-corrected chi connectivity index (χ1v) is 13.4. The fraction of sp³-hybridized carbons (Fsp3) is 0.333. The zero-order valence-electron chi connectivity index (χ0n) is 24.3. The number of aromatic nitrogens is 2. The smallest absolute Gasteiger partial charge is 0.285 e. The number of carbonyl (C=O) groups is 2. The second-order valence-electron chi connectivity index (χ2n) is 9.11. The molecule has 0 bridgehead atoms. The largest absolute Gasteiger partial charge is 0.399 e. The number of fused-ring (bicyclic) bond motifs is 1. The van der Waals surface area contributed by atoms with Crippen LogP contribution in [0.1, 0.15) is 70.2 Å². The number of hydrogen-bond donors (Lipinski definition) is 1. The molecule has 0 saturated carbocycles. The standard InChI is InChI=1S/C19H19N3O4.C11H17N3O2/c1-13(21-25-2)17-11-5-7-14(20-17)8-6-12-26-22-18(23)15-9-3-4-10-16(15)19(22)24;1-9(14-15-2)11-7-3-5-10(13-11)6-4-8-16-12/h3-5,7,9-11H,6,8,12H2,1-2H3;3,5,7H,4,6,8,12H2,1-2H3/b21-13+;14-9+. The van der Waals surface area contributed by atoms with E-state index in [1.54, 1.807) is 24.3 Å². The third-order valence-corrected chi connectivity index (χ3v) is 6.06. The number of nitrogens with zero attached hydrogens (tertiary/aromatic N) is 5. The van der Waals surface area contributed by atoms with E-state index in [4.69, 9.17) is 20.4 Å². The van der Waals surface area contributed by atoms with E-state index in [9.17, 15) is 9.59 Å². The predicted molar refractivity (Wildman–Crippen MR) is 157 cm³/mol. The molecule has 2 N–H and O–H groups in total. The first-order chi connectivity index (χ1) is 20.4. The van der Waals surface area contributed by atoms with Crippen molar-refractivity contribution < 1.29 is 28.9 Å². The van der Waals surface area contributed by atoms with Gasteiger partial charge in [-0.3, -0.25) is 24.4 Å². The van der Waals surface area contributed by atoms with Gasteiger partial charge in [0, 0.05) is 11.4 Å². The number of amides is 2. The minimum Gasteiger partial charge on any atom is -0.399 e. The molecule has 222 valence electrons. The van der Waals surface area contributed by atoms with E-state index in [-0.39, 0.29) is 6.61 Å². The Morgan fingerprint density at radius 3 is 1.67 bits per heavy atom. The molecular weight excluding hydrogens is 540 g/mol. The molecule has 0 fully saturated rings. The molecule has 2 aromatic heterocycles. The van der Waals surface area contributed by atoms with Crippen LogP contribution in [0.4, 0.5) is 0 Å². The van der Waals surface area contributed by atoms with Gasteiger partial charge < -0.3 is 14.5 Å². The Morgan fingerprint density at radius 2 is 1.21 bits per heavy atom. The minimum absolute atomic E-state index is 0.239. The van der Waals surface area contributed by atoms with Gasteiger partial charge in [-0.05, 0) is 75.9 Å². The van der Waals surface area contributed by atoms with Crippen LogP contribution < -0.4 is 5.90 Å². The van der Waals surface area contributed by atoms with E-state index < -0.39 is 11.8 Å². The second kappa shape index (κ2) is 16.7. The van der Waals surface area contributed by atoms with Crippen molar-refractivity contribution in [3.8, 4) is 0 Å². The lowest BCUT2D eigenvalue weighted by Gasteiger charge is -2.13. The van der Waals surface area contributed by atoms with Crippen molar-refractivity contribution in [2.24, 2.45) is 16.2 Å². The van der Waals surface area contributed by atoms with Gasteiger partial charge in [0.1, 0.15) is 25.6 Å². The molecule has 0 radical (unpaired) electrons. The quantitative estimate of drug-likeness (QED) is 0.138. The Kier molecular flexibility index (Phi) is 12.7. The monoisotopic (exact) mass is 576 g/mol. The topological polar surface area (TPSA) is 151 Å². The van der Waals surface area contributed by atoms with E-state index in [0.29, 0.717) is 36.3 Å². The summed E-state index contributed by atoms with van der Waals surface area (Å²) >= 11 is 0. The van der Waals surface area contributed by atoms with Crippen molar-refractivity contribution in [2.45, 2.75) is 39.5 Å². The van der Waals surface area contributed by atoms with Crippen molar-refractivity contribution >= 4 is 23.2 Å². The lowest BCUT2D eigenvalue weighted by atomic mass is 10.1. The summed E-state index contributed by atoms with van der Waals surface area (Å²) in [5.74, 6) is 4.12. The SMILES string of the molecule is CO/N=C(\C)c1cccc(CCCON)n1.CO/N=C(\C)c1cccc(CCCON2C(=O)c3ccccc3C2=O)n1. The summed E-state index contributed by atoms with van der Waals surface area (Å²) in [5, 5.41) is 8.55. The molecule has 0 atom stereocenters. The van der Waals surface area contributed by atoms with Gasteiger partial charge in [-0.25, -0.2) is 5.90 Å². The molecule has 12 nitrogen and oxygen atoms in total. The Labute approximate surface area is 245 Å². The van der Waals surface area contributed by atoms with Gasteiger partial charge in [0.05, 0.1) is 35.7 Å². The van der Waals surface area contributed by atoms with E-state index in [0.717, 1.165) is 46.4 Å². The summed E-state index contributed by atoms with van der Waals surface area (Å²) < 4.78 is 0. The summed E-state index contributed by atoms with van der Waals surface area (Å²) in [6, 6.07) is 18.2. The van der Waals surface area contributed by atoms with Crippen LogP contribution in [0.2, 0.25) is 0 Å². The first-order valence-electron chi connectivity index (χ1n) is 13.4. The lowest BCUT2D eigenvalue weighted by molar-refractivity contribution is -0.0918. The molecule has 3 aromatic rings. The molecule has 0 aliphatic carbocycles. The van der Waals surface area contributed by atoms with Gasteiger partial charge in [0.2, 0.25) is 0 Å². The summed E-state index contributed by atoms with van der Waals surface area (Å²) in [4.78, 5) is 52.7. The number of benzene rings is 1. The summed E-state index contributed by atoms with van der Waals surface area (Å²) in [7, 11) is 3.01. The van der Waals surface area contributed by atoms with Crippen LogP contribution in [0.15, 0.2) is 71.0 Å². The van der Waals surface area contributed by atoms with Gasteiger partial charge in [-0.15, -0.1) is 5.06 Å². The predicted octanol–water partition coefficient (Wildman–Crippen LogP) is 3.89. The fourth-order valence-corrected chi connectivity index (χ4v) is 4.04. The van der Waals surface area contributed by atoms with Crippen LogP contribution in [0, 0.1) is 0 Å². The number of hydrogen-bond acceptors (Lipinski definition) is 11. The molecule has 1 aliphatic rings. The van der Waals surface area contributed by atoms with E-state index in [2.05, 4.69) is 25.1 Å². The average molecular weight is 577 g/mol. The zero-order chi connectivity index (χ0) is 30.3. The maximum Gasteiger partial charge on any atom is 0.285 e. The zero-order valence-corrected chi connectivity index (χ0v) is 24.3. The van der Waals surface area contributed by atoms with Crippen molar-refractivity contribution in [3.05, 3.63) is 94.6 Å².